The van der Waals surface area contributed by atoms with Gasteiger partial charge in [0.1, 0.15) is 12.3 Å². The van der Waals surface area contributed by atoms with Crippen LogP contribution in [0.3, 0.4) is 0 Å². The van der Waals surface area contributed by atoms with Gasteiger partial charge in [0.25, 0.3) is 5.91 Å². The van der Waals surface area contributed by atoms with Gasteiger partial charge in [-0.15, -0.1) is 0 Å². The Morgan fingerprint density at radius 1 is 1.12 bits per heavy atom. The number of nitrogens with one attached hydrogen (secondary N) is 2. The molecule has 0 radical (unpaired) electrons. The highest BCUT2D eigenvalue weighted by atomic mass is 16.5. The largest absolute Gasteiger partial charge is 0.484 e. The summed E-state index contributed by atoms with van der Waals surface area (Å²) in [7, 11) is 4.24. The summed E-state index contributed by atoms with van der Waals surface area (Å²) in [6.07, 6.45) is 0. The van der Waals surface area contributed by atoms with E-state index in [2.05, 4.69) is 58.4 Å². The van der Waals surface area contributed by atoms with Gasteiger partial charge in [-0.05, 0) is 41.7 Å². The van der Waals surface area contributed by atoms with Gasteiger partial charge in [0, 0.05) is 12.1 Å². The SMILES string of the molecule is Cc1cc(OCC(=O)NCc2ccccc2C[NH+](C)C)ccc1C(C)C. The van der Waals surface area contributed by atoms with Crippen molar-refractivity contribution in [3.8, 4) is 5.75 Å². The zero-order chi connectivity index (χ0) is 19.1. The highest BCUT2D eigenvalue weighted by molar-refractivity contribution is 5.77. The molecule has 0 aliphatic heterocycles. The molecule has 2 aromatic carbocycles. The predicted molar refractivity (Wildman–Crippen MR) is 106 cm³/mol. The van der Waals surface area contributed by atoms with E-state index in [1.54, 1.807) is 0 Å². The van der Waals surface area contributed by atoms with E-state index in [1.807, 2.05) is 24.3 Å². The third-order valence-electron chi connectivity index (χ3n) is 4.37. The highest BCUT2D eigenvalue weighted by Gasteiger charge is 2.09. The van der Waals surface area contributed by atoms with Crippen LogP contribution < -0.4 is 15.0 Å². The van der Waals surface area contributed by atoms with E-state index in [0.717, 1.165) is 17.9 Å². The summed E-state index contributed by atoms with van der Waals surface area (Å²) in [4.78, 5) is 13.5. The molecule has 0 bridgehead atoms. The van der Waals surface area contributed by atoms with E-state index in [-0.39, 0.29) is 12.5 Å². The third-order valence-corrected chi connectivity index (χ3v) is 4.37. The fourth-order valence-electron chi connectivity index (χ4n) is 3.06. The maximum atomic E-state index is 12.1. The van der Waals surface area contributed by atoms with E-state index in [4.69, 9.17) is 4.74 Å². The minimum absolute atomic E-state index is 0.0293. The standard InChI is InChI=1S/C22H30N2O2/c1-16(2)21-11-10-20(12-17(21)3)26-15-22(25)23-13-18-8-6-7-9-19(18)14-24(4)5/h6-12,16H,13-15H2,1-5H3,(H,23,25)/p+1. The first-order chi connectivity index (χ1) is 12.4. The van der Waals surface area contributed by atoms with Gasteiger partial charge in [-0.1, -0.05) is 44.2 Å². The molecular weight excluding hydrogens is 324 g/mol. The van der Waals surface area contributed by atoms with E-state index in [9.17, 15) is 4.79 Å². The molecule has 0 fully saturated rings. The van der Waals surface area contributed by atoms with E-state index >= 15 is 0 Å². The lowest BCUT2D eigenvalue weighted by Crippen LogP contribution is -3.04. The van der Waals surface area contributed by atoms with Crippen molar-refractivity contribution in [1.82, 2.24) is 5.32 Å². The van der Waals surface area contributed by atoms with E-state index in [0.29, 0.717) is 12.5 Å². The van der Waals surface area contributed by atoms with Crippen molar-refractivity contribution in [2.24, 2.45) is 0 Å². The Morgan fingerprint density at radius 3 is 2.42 bits per heavy atom. The monoisotopic (exact) mass is 355 g/mol. The number of benzene rings is 2. The second kappa shape index (κ2) is 9.39. The van der Waals surface area contributed by atoms with Gasteiger partial charge in [0.05, 0.1) is 14.1 Å². The number of ether oxygens (including phenoxy) is 1. The minimum atomic E-state index is -0.109. The molecular formula is C22H31N2O2+. The molecule has 0 unspecified atom stereocenters. The molecule has 0 aromatic heterocycles. The number of hydrogen-bond donors (Lipinski definition) is 2. The summed E-state index contributed by atoms with van der Waals surface area (Å²) in [6.45, 7) is 7.91. The van der Waals surface area contributed by atoms with Crippen molar-refractivity contribution in [2.45, 2.75) is 39.8 Å². The van der Waals surface area contributed by atoms with Gasteiger partial charge >= 0.3 is 0 Å². The molecule has 4 nitrogen and oxygen atoms in total. The maximum absolute atomic E-state index is 12.1. The van der Waals surface area contributed by atoms with Gasteiger partial charge < -0.3 is 15.0 Å². The maximum Gasteiger partial charge on any atom is 0.258 e. The van der Waals surface area contributed by atoms with Crippen LogP contribution >= 0.6 is 0 Å². The van der Waals surface area contributed by atoms with Crippen LogP contribution in [0, 0.1) is 6.92 Å². The Kier molecular flexibility index (Phi) is 7.22. The first kappa shape index (κ1) is 20.0. The van der Waals surface area contributed by atoms with Crippen molar-refractivity contribution in [3.05, 3.63) is 64.7 Å². The smallest absolute Gasteiger partial charge is 0.258 e. The molecule has 2 N–H and O–H groups in total. The first-order valence-electron chi connectivity index (χ1n) is 9.22. The van der Waals surface area contributed by atoms with Gasteiger partial charge in [-0.2, -0.15) is 0 Å². The first-order valence-corrected chi connectivity index (χ1v) is 9.22. The van der Waals surface area contributed by atoms with Crippen molar-refractivity contribution >= 4 is 5.91 Å². The van der Waals surface area contributed by atoms with Crippen LogP contribution in [-0.4, -0.2) is 26.6 Å². The minimum Gasteiger partial charge on any atom is -0.484 e. The second-order valence-electron chi connectivity index (χ2n) is 7.39. The molecule has 0 aliphatic rings. The van der Waals surface area contributed by atoms with Crippen LogP contribution in [0.2, 0.25) is 0 Å². The van der Waals surface area contributed by atoms with E-state index < -0.39 is 0 Å². The fraction of sp³-hybridized carbons (Fsp3) is 0.409. The lowest BCUT2D eigenvalue weighted by molar-refractivity contribution is -0.872. The average Bonchev–Trinajstić information content (AvgIpc) is 2.58. The Bertz CT molecular complexity index is 739. The van der Waals surface area contributed by atoms with Crippen LogP contribution in [0.5, 0.6) is 5.75 Å². The van der Waals surface area contributed by atoms with E-state index in [1.165, 1.54) is 21.6 Å². The predicted octanol–water partition coefficient (Wildman–Crippen LogP) is 2.46. The lowest BCUT2D eigenvalue weighted by Gasteiger charge is -2.14. The average molecular weight is 356 g/mol. The molecule has 2 aromatic rings. The Labute approximate surface area is 157 Å². The normalized spacial score (nSPS) is 11.0. The fourth-order valence-corrected chi connectivity index (χ4v) is 3.06. The number of amides is 1. The van der Waals surface area contributed by atoms with Crippen LogP contribution in [0.15, 0.2) is 42.5 Å². The molecule has 2 rings (SSSR count). The van der Waals surface area contributed by atoms with Crippen LogP contribution in [0.1, 0.15) is 42.0 Å². The molecule has 26 heavy (non-hydrogen) atoms. The summed E-state index contributed by atoms with van der Waals surface area (Å²) in [5, 5.41) is 2.95. The zero-order valence-electron chi connectivity index (χ0n) is 16.6. The van der Waals surface area contributed by atoms with Crippen molar-refractivity contribution in [3.63, 3.8) is 0 Å². The molecule has 4 heteroatoms. The molecule has 0 heterocycles. The summed E-state index contributed by atoms with van der Waals surface area (Å²) in [6, 6.07) is 14.2. The summed E-state index contributed by atoms with van der Waals surface area (Å²) < 4.78 is 5.65. The number of carbonyl (C=O) groups is 1. The van der Waals surface area contributed by atoms with Gasteiger partial charge in [0.2, 0.25) is 0 Å². The molecule has 0 aliphatic carbocycles. The number of quaternary nitrogens is 1. The summed E-state index contributed by atoms with van der Waals surface area (Å²) >= 11 is 0. The summed E-state index contributed by atoms with van der Waals surface area (Å²) in [5.41, 5.74) is 4.91. The highest BCUT2D eigenvalue weighted by Crippen LogP contribution is 2.23. The number of rotatable bonds is 8. The lowest BCUT2D eigenvalue weighted by atomic mass is 9.98. The topological polar surface area (TPSA) is 42.8 Å². The summed E-state index contributed by atoms with van der Waals surface area (Å²) in [5.74, 6) is 1.11. The van der Waals surface area contributed by atoms with Crippen molar-refractivity contribution in [1.29, 1.82) is 0 Å². The molecule has 0 atom stereocenters. The van der Waals surface area contributed by atoms with Crippen molar-refractivity contribution in [2.75, 3.05) is 20.7 Å². The van der Waals surface area contributed by atoms with Crippen LogP contribution in [0.25, 0.3) is 0 Å². The van der Waals surface area contributed by atoms with Crippen LogP contribution in [-0.2, 0) is 17.9 Å². The number of hydrogen-bond acceptors (Lipinski definition) is 2. The van der Waals surface area contributed by atoms with Gasteiger partial charge in [-0.3, -0.25) is 4.79 Å². The second-order valence-corrected chi connectivity index (χ2v) is 7.39. The third kappa shape index (κ3) is 5.88. The quantitative estimate of drug-likeness (QED) is 0.764. The Hall–Kier alpha value is -2.33. The van der Waals surface area contributed by atoms with Crippen molar-refractivity contribution < 1.29 is 14.4 Å². The van der Waals surface area contributed by atoms with Gasteiger partial charge in [0.15, 0.2) is 6.61 Å². The van der Waals surface area contributed by atoms with Crippen LogP contribution in [0.4, 0.5) is 0 Å². The molecule has 0 saturated heterocycles. The molecule has 1 amide bonds. The number of aryl methyl sites for hydroxylation is 1. The zero-order valence-corrected chi connectivity index (χ0v) is 16.6. The Balaban J connectivity index is 1.87. The molecule has 0 saturated carbocycles. The molecule has 0 spiro atoms. The van der Waals surface area contributed by atoms with Gasteiger partial charge in [-0.25, -0.2) is 0 Å². The number of carbonyl (C=O) groups excluding carboxylic acids is 1. The Morgan fingerprint density at radius 2 is 1.81 bits per heavy atom. The molecule has 140 valence electrons.